The Balaban J connectivity index is 0. The Morgan fingerprint density at radius 1 is 1.60 bits per heavy atom. The average Bonchev–Trinajstić information content (AvgIpc) is 1.62. The molecule has 7 heteroatoms. The molecule has 1 unspecified atom stereocenters. The van der Waals surface area contributed by atoms with Crippen LogP contribution in [0.5, 0.6) is 0 Å². The predicted molar refractivity (Wildman–Crippen MR) is 34.4 cm³/mol. The Morgan fingerprint density at radius 2 is 2.00 bits per heavy atom. The molecule has 0 aromatic rings. The summed E-state index contributed by atoms with van der Waals surface area (Å²) in [6.07, 6.45) is 0. The zero-order valence-corrected chi connectivity index (χ0v) is 9.85. The van der Waals surface area contributed by atoms with Crippen LogP contribution < -0.4 is 29.6 Å². The maximum Gasteiger partial charge on any atom is 1.00 e. The summed E-state index contributed by atoms with van der Waals surface area (Å²) in [4.78, 5) is -0.639. The fourth-order valence-electron chi connectivity index (χ4n) is 0.274. The fraction of sp³-hybridized carbons (Fsp3) is 1.00. The molecular formula is C3H6BrNaO4S. The quantitative estimate of drug-likeness (QED) is 0.313. The van der Waals surface area contributed by atoms with Gasteiger partial charge >= 0.3 is 29.6 Å². The fourth-order valence-corrected chi connectivity index (χ4v) is 1.79. The summed E-state index contributed by atoms with van der Waals surface area (Å²) in [5.74, 6) is -0.566. The first kappa shape index (κ1) is 13.9. The second-order valence-corrected chi connectivity index (χ2v) is 4.25. The van der Waals surface area contributed by atoms with E-state index in [1.807, 2.05) is 0 Å². The zero-order chi connectivity index (χ0) is 7.49. The monoisotopic (exact) mass is 240 g/mol. The van der Waals surface area contributed by atoms with Gasteiger partial charge in [0.05, 0.1) is 27.3 Å². The number of alkyl halides is 1. The third-order valence-corrected chi connectivity index (χ3v) is 2.44. The molecule has 10 heavy (non-hydrogen) atoms. The van der Waals surface area contributed by atoms with E-state index in [9.17, 15) is 13.0 Å². The third-order valence-electron chi connectivity index (χ3n) is 0.583. The Labute approximate surface area is 90.2 Å². The number of aliphatic hydroxyl groups is 1. The number of aliphatic hydroxyl groups excluding tert-OH is 1. The molecule has 0 aliphatic heterocycles. The minimum absolute atomic E-state index is 0. The van der Waals surface area contributed by atoms with Crippen molar-refractivity contribution in [2.24, 2.45) is 0 Å². The first-order valence-electron chi connectivity index (χ1n) is 2.14. The Kier molecular flexibility index (Phi) is 8.25. The van der Waals surface area contributed by atoms with Gasteiger partial charge in [0.15, 0.2) is 0 Å². The van der Waals surface area contributed by atoms with Crippen molar-refractivity contribution in [1.29, 1.82) is 0 Å². The summed E-state index contributed by atoms with van der Waals surface area (Å²) in [5.41, 5.74) is 0. The van der Waals surface area contributed by atoms with E-state index in [0.717, 1.165) is 0 Å². The Bertz CT molecular complexity index is 167. The summed E-state index contributed by atoms with van der Waals surface area (Å²) in [6.45, 7) is -0.346. The molecule has 4 nitrogen and oxygen atoms in total. The SMILES string of the molecule is O=S(=O)([O-])CC(Br)CO.[Na+]. The van der Waals surface area contributed by atoms with Crippen LogP contribution in [0.4, 0.5) is 0 Å². The van der Waals surface area contributed by atoms with E-state index in [-0.39, 0.29) is 36.2 Å². The normalized spacial score (nSPS) is 13.9. The second-order valence-electron chi connectivity index (χ2n) is 1.50. The van der Waals surface area contributed by atoms with Gasteiger partial charge in [-0.05, 0) is 0 Å². The molecule has 0 heterocycles. The summed E-state index contributed by atoms with van der Waals surface area (Å²) < 4.78 is 29.7. The molecule has 0 spiro atoms. The van der Waals surface area contributed by atoms with E-state index in [4.69, 9.17) is 5.11 Å². The number of rotatable bonds is 3. The second kappa shape index (κ2) is 5.93. The van der Waals surface area contributed by atoms with Gasteiger partial charge in [-0.3, -0.25) is 0 Å². The maximum atomic E-state index is 9.90. The maximum absolute atomic E-state index is 9.90. The molecular weight excluding hydrogens is 235 g/mol. The van der Waals surface area contributed by atoms with Crippen LogP contribution in [0.1, 0.15) is 0 Å². The van der Waals surface area contributed by atoms with Gasteiger partial charge in [0.2, 0.25) is 0 Å². The molecule has 1 N–H and O–H groups in total. The van der Waals surface area contributed by atoms with Crippen molar-refractivity contribution < 1.29 is 47.6 Å². The average molecular weight is 241 g/mol. The summed E-state index contributed by atoms with van der Waals surface area (Å²) in [6, 6.07) is 0. The van der Waals surface area contributed by atoms with E-state index >= 15 is 0 Å². The van der Waals surface area contributed by atoms with E-state index in [1.54, 1.807) is 0 Å². The van der Waals surface area contributed by atoms with Crippen LogP contribution in [-0.2, 0) is 10.1 Å². The van der Waals surface area contributed by atoms with E-state index in [1.165, 1.54) is 0 Å². The Hall–Kier alpha value is 1.35. The van der Waals surface area contributed by atoms with Crippen LogP contribution in [0.15, 0.2) is 0 Å². The summed E-state index contributed by atoms with van der Waals surface area (Å²) in [5, 5.41) is 8.25. The van der Waals surface area contributed by atoms with Gasteiger partial charge in [0, 0.05) is 0 Å². The molecule has 0 saturated carbocycles. The van der Waals surface area contributed by atoms with E-state index in [0.29, 0.717) is 0 Å². The van der Waals surface area contributed by atoms with Crippen LogP contribution >= 0.6 is 15.9 Å². The topological polar surface area (TPSA) is 77.4 Å². The van der Waals surface area contributed by atoms with Gasteiger partial charge in [0.1, 0.15) is 0 Å². The van der Waals surface area contributed by atoms with Gasteiger partial charge in [-0.1, -0.05) is 15.9 Å². The first-order chi connectivity index (χ1) is 3.95. The van der Waals surface area contributed by atoms with Crippen molar-refractivity contribution in [3.63, 3.8) is 0 Å². The number of hydrogen-bond acceptors (Lipinski definition) is 4. The van der Waals surface area contributed by atoms with Gasteiger partial charge in [0.25, 0.3) is 0 Å². The molecule has 0 aliphatic carbocycles. The zero-order valence-electron chi connectivity index (χ0n) is 5.45. The van der Waals surface area contributed by atoms with Gasteiger partial charge in [-0.15, -0.1) is 0 Å². The third kappa shape index (κ3) is 9.35. The predicted octanol–water partition coefficient (Wildman–Crippen LogP) is -3.71. The molecule has 0 aromatic carbocycles. The number of hydrogen-bond donors (Lipinski definition) is 1. The summed E-state index contributed by atoms with van der Waals surface area (Å²) >= 11 is 2.78. The van der Waals surface area contributed by atoms with E-state index < -0.39 is 20.7 Å². The largest absolute Gasteiger partial charge is 1.00 e. The van der Waals surface area contributed by atoms with Crippen molar-refractivity contribution in [3.05, 3.63) is 0 Å². The van der Waals surface area contributed by atoms with Crippen molar-refractivity contribution in [3.8, 4) is 0 Å². The van der Waals surface area contributed by atoms with Gasteiger partial charge in [-0.25, -0.2) is 8.42 Å². The van der Waals surface area contributed by atoms with Gasteiger partial charge < -0.3 is 9.66 Å². The van der Waals surface area contributed by atoms with Crippen LogP contribution in [0.3, 0.4) is 0 Å². The van der Waals surface area contributed by atoms with Crippen LogP contribution in [-0.4, -0.2) is 35.3 Å². The molecule has 0 radical (unpaired) electrons. The Morgan fingerprint density at radius 3 is 2.10 bits per heavy atom. The van der Waals surface area contributed by atoms with Crippen LogP contribution in [0.2, 0.25) is 0 Å². The molecule has 0 fully saturated rings. The minimum Gasteiger partial charge on any atom is -0.748 e. The van der Waals surface area contributed by atoms with Crippen molar-refractivity contribution in [2.45, 2.75) is 4.83 Å². The van der Waals surface area contributed by atoms with Crippen molar-refractivity contribution >= 4 is 26.0 Å². The molecule has 0 aliphatic rings. The molecule has 0 amide bonds. The number of halogens is 1. The minimum atomic E-state index is -4.19. The van der Waals surface area contributed by atoms with Gasteiger partial charge in [-0.2, -0.15) is 0 Å². The van der Waals surface area contributed by atoms with Crippen LogP contribution in [0, 0.1) is 0 Å². The molecule has 0 aromatic heterocycles. The summed E-state index contributed by atoms with van der Waals surface area (Å²) in [7, 11) is -4.19. The molecule has 56 valence electrons. The van der Waals surface area contributed by atoms with E-state index in [2.05, 4.69) is 15.9 Å². The standard InChI is InChI=1S/C3H7BrO4S.Na/c4-3(1-5)2-9(6,7)8;/h3,5H,1-2H2,(H,6,7,8);/q;+1/p-1. The molecule has 0 rings (SSSR count). The smallest absolute Gasteiger partial charge is 0.748 e. The van der Waals surface area contributed by atoms with Crippen molar-refractivity contribution in [2.75, 3.05) is 12.4 Å². The molecule has 0 bridgehead atoms. The molecule has 1 atom stereocenters. The first-order valence-corrected chi connectivity index (χ1v) is 4.63. The van der Waals surface area contributed by atoms with Crippen LogP contribution in [0.25, 0.3) is 0 Å². The van der Waals surface area contributed by atoms with Crippen molar-refractivity contribution in [1.82, 2.24) is 0 Å². The molecule has 0 saturated heterocycles.